The molecule has 1 fully saturated rings. The highest BCUT2D eigenvalue weighted by atomic mass is 35.5. The summed E-state index contributed by atoms with van der Waals surface area (Å²) in [7, 11) is -4.06. The van der Waals surface area contributed by atoms with Crippen LogP contribution < -0.4 is 5.73 Å². The molecule has 0 unspecified atom stereocenters. The maximum atomic E-state index is 13.7. The van der Waals surface area contributed by atoms with Gasteiger partial charge in [-0.05, 0) is 79.0 Å². The molecule has 0 aromatic heterocycles. The zero-order chi connectivity index (χ0) is 26.0. The number of hydrogen-bond acceptors (Lipinski definition) is 4. The van der Waals surface area contributed by atoms with Gasteiger partial charge in [0.1, 0.15) is 6.04 Å². The Bertz CT molecular complexity index is 1230. The molecule has 9 heteroatoms. The SMILES string of the molecule is CC(C)C[C@H](C(N)=O)N(Cc1ccc2c(c1)CCN(CC1CCC1)C2=O)S(=O)(=O)c1ccc(Cl)cc1. The topological polar surface area (TPSA) is 101 Å². The number of nitrogens with two attached hydrogens (primary N) is 1. The lowest BCUT2D eigenvalue weighted by molar-refractivity contribution is -0.122. The van der Waals surface area contributed by atoms with E-state index in [9.17, 15) is 18.0 Å². The van der Waals surface area contributed by atoms with Crippen LogP contribution in [0.3, 0.4) is 0 Å². The second-order valence-electron chi connectivity index (χ2n) is 10.3. The van der Waals surface area contributed by atoms with E-state index in [4.69, 9.17) is 17.3 Å². The third kappa shape index (κ3) is 5.76. The molecule has 0 spiro atoms. The normalized spacial score (nSPS) is 17.2. The molecule has 7 nitrogen and oxygen atoms in total. The van der Waals surface area contributed by atoms with Crippen molar-refractivity contribution in [2.24, 2.45) is 17.6 Å². The second kappa shape index (κ2) is 10.9. The maximum Gasteiger partial charge on any atom is 0.254 e. The van der Waals surface area contributed by atoms with E-state index in [-0.39, 0.29) is 23.3 Å². The van der Waals surface area contributed by atoms with Crippen LogP contribution in [0.4, 0.5) is 0 Å². The predicted octanol–water partition coefficient (Wildman–Crippen LogP) is 4.23. The van der Waals surface area contributed by atoms with Crippen molar-refractivity contribution in [3.05, 3.63) is 64.2 Å². The Hall–Kier alpha value is -2.42. The number of amides is 2. The molecule has 0 bridgehead atoms. The molecule has 1 atom stereocenters. The van der Waals surface area contributed by atoms with Gasteiger partial charge < -0.3 is 10.6 Å². The largest absolute Gasteiger partial charge is 0.368 e. The summed E-state index contributed by atoms with van der Waals surface area (Å²) < 4.78 is 28.6. The lowest BCUT2D eigenvalue weighted by Gasteiger charge is -2.35. The average molecular weight is 532 g/mol. The standard InChI is InChI=1S/C27H34ClN3O4S/c1-18(2)14-25(26(29)32)31(36(34,35)23-9-7-22(28)8-10-23)17-20-6-11-24-21(15-20)12-13-30(27(24)33)16-19-4-3-5-19/h6-11,15,18-19,25H,3-5,12-14,16-17H2,1-2H3,(H2,29,32)/t25-/m1/s1. The van der Waals surface area contributed by atoms with Gasteiger partial charge in [0.2, 0.25) is 15.9 Å². The van der Waals surface area contributed by atoms with Gasteiger partial charge in [-0.3, -0.25) is 9.59 Å². The third-order valence-electron chi connectivity index (χ3n) is 7.17. The molecular formula is C27H34ClN3O4S. The van der Waals surface area contributed by atoms with Crippen LogP contribution in [-0.4, -0.2) is 48.6 Å². The molecule has 0 radical (unpaired) electrons. The van der Waals surface area contributed by atoms with E-state index in [1.807, 2.05) is 24.8 Å². The maximum absolute atomic E-state index is 13.7. The molecule has 0 saturated heterocycles. The molecular weight excluding hydrogens is 498 g/mol. The first-order valence-corrected chi connectivity index (χ1v) is 14.4. The van der Waals surface area contributed by atoms with E-state index in [1.54, 1.807) is 12.1 Å². The molecule has 4 rings (SSSR count). The van der Waals surface area contributed by atoms with E-state index >= 15 is 0 Å². The van der Waals surface area contributed by atoms with Crippen molar-refractivity contribution >= 4 is 33.4 Å². The van der Waals surface area contributed by atoms with Gasteiger partial charge in [0, 0.05) is 30.2 Å². The van der Waals surface area contributed by atoms with Crippen molar-refractivity contribution in [1.82, 2.24) is 9.21 Å². The van der Waals surface area contributed by atoms with Crippen LogP contribution in [0, 0.1) is 11.8 Å². The molecule has 2 amide bonds. The zero-order valence-electron chi connectivity index (χ0n) is 20.8. The summed E-state index contributed by atoms with van der Waals surface area (Å²) in [5.74, 6) is -0.00232. The Morgan fingerprint density at radius 3 is 2.44 bits per heavy atom. The Morgan fingerprint density at radius 2 is 1.86 bits per heavy atom. The van der Waals surface area contributed by atoms with Crippen molar-refractivity contribution < 1.29 is 18.0 Å². The third-order valence-corrected chi connectivity index (χ3v) is 9.29. The van der Waals surface area contributed by atoms with Crippen molar-refractivity contribution in [2.75, 3.05) is 13.1 Å². The number of fused-ring (bicyclic) bond motifs is 1. The van der Waals surface area contributed by atoms with E-state index in [2.05, 4.69) is 0 Å². The summed E-state index contributed by atoms with van der Waals surface area (Å²) in [5, 5.41) is 0.417. The zero-order valence-corrected chi connectivity index (χ0v) is 22.4. The molecule has 1 saturated carbocycles. The Labute approximate surface area is 218 Å². The highest BCUT2D eigenvalue weighted by molar-refractivity contribution is 7.89. The summed E-state index contributed by atoms with van der Waals surface area (Å²) in [6.07, 6.45) is 4.62. The van der Waals surface area contributed by atoms with Crippen LogP contribution in [0.15, 0.2) is 47.4 Å². The summed E-state index contributed by atoms with van der Waals surface area (Å²) in [5.41, 5.74) is 8.01. The smallest absolute Gasteiger partial charge is 0.254 e. The first kappa shape index (κ1) is 26.6. The van der Waals surface area contributed by atoms with Gasteiger partial charge in [-0.1, -0.05) is 44.0 Å². The number of carbonyl (C=O) groups excluding carboxylic acids is 2. The van der Waals surface area contributed by atoms with Crippen molar-refractivity contribution in [2.45, 2.75) is 63.4 Å². The van der Waals surface area contributed by atoms with Gasteiger partial charge in [0.05, 0.1) is 4.90 Å². The van der Waals surface area contributed by atoms with E-state index < -0.39 is 22.0 Å². The van der Waals surface area contributed by atoms with Crippen LogP contribution >= 0.6 is 11.6 Å². The van der Waals surface area contributed by atoms with Crippen molar-refractivity contribution in [3.8, 4) is 0 Å². The number of nitrogens with zero attached hydrogens (tertiary/aromatic N) is 2. The Balaban J connectivity index is 1.64. The van der Waals surface area contributed by atoms with Gasteiger partial charge in [0.25, 0.3) is 5.91 Å². The quantitative estimate of drug-likeness (QED) is 0.495. The molecule has 194 valence electrons. The van der Waals surface area contributed by atoms with Crippen LogP contribution in [0.2, 0.25) is 5.02 Å². The summed E-state index contributed by atoms with van der Waals surface area (Å²) in [6, 6.07) is 10.3. The molecule has 1 aliphatic heterocycles. The summed E-state index contributed by atoms with van der Waals surface area (Å²) >= 11 is 5.97. The fraction of sp³-hybridized carbons (Fsp3) is 0.481. The minimum Gasteiger partial charge on any atom is -0.368 e. The molecule has 2 aromatic carbocycles. The van der Waals surface area contributed by atoms with E-state index in [0.29, 0.717) is 35.0 Å². The number of rotatable bonds is 10. The fourth-order valence-corrected chi connectivity index (χ4v) is 6.68. The van der Waals surface area contributed by atoms with Gasteiger partial charge in [-0.2, -0.15) is 4.31 Å². The number of carbonyl (C=O) groups is 2. The number of primary amides is 1. The summed E-state index contributed by atoms with van der Waals surface area (Å²) in [6.45, 7) is 5.28. The van der Waals surface area contributed by atoms with Crippen LogP contribution in [0.5, 0.6) is 0 Å². The van der Waals surface area contributed by atoms with E-state index in [0.717, 1.165) is 18.5 Å². The predicted molar refractivity (Wildman–Crippen MR) is 140 cm³/mol. The highest BCUT2D eigenvalue weighted by Gasteiger charge is 2.36. The number of halogens is 1. The first-order chi connectivity index (χ1) is 17.1. The summed E-state index contributed by atoms with van der Waals surface area (Å²) in [4.78, 5) is 27.5. The molecule has 2 aromatic rings. The molecule has 1 heterocycles. The average Bonchev–Trinajstić information content (AvgIpc) is 2.79. The minimum atomic E-state index is -4.06. The van der Waals surface area contributed by atoms with Crippen LogP contribution in [-0.2, 0) is 27.8 Å². The minimum absolute atomic E-state index is 0.0292. The first-order valence-electron chi connectivity index (χ1n) is 12.5. The molecule has 1 aliphatic carbocycles. The van der Waals surface area contributed by atoms with Crippen LogP contribution in [0.25, 0.3) is 0 Å². The fourth-order valence-electron chi connectivity index (χ4n) is 4.96. The lowest BCUT2D eigenvalue weighted by Crippen LogP contribution is -2.48. The molecule has 2 aliphatic rings. The lowest BCUT2D eigenvalue weighted by atomic mass is 9.84. The molecule has 36 heavy (non-hydrogen) atoms. The monoisotopic (exact) mass is 531 g/mol. The van der Waals surface area contributed by atoms with E-state index in [1.165, 1.54) is 47.8 Å². The van der Waals surface area contributed by atoms with Crippen molar-refractivity contribution in [1.29, 1.82) is 0 Å². The number of sulfonamides is 1. The van der Waals surface area contributed by atoms with Gasteiger partial charge >= 0.3 is 0 Å². The highest BCUT2D eigenvalue weighted by Crippen LogP contribution is 2.30. The Kier molecular flexibility index (Phi) is 8.07. The van der Waals surface area contributed by atoms with Crippen molar-refractivity contribution in [3.63, 3.8) is 0 Å². The van der Waals surface area contributed by atoms with Gasteiger partial charge in [-0.15, -0.1) is 0 Å². The Morgan fingerprint density at radius 1 is 1.17 bits per heavy atom. The molecule has 2 N–H and O–H groups in total. The number of benzene rings is 2. The van der Waals surface area contributed by atoms with Gasteiger partial charge in [0.15, 0.2) is 0 Å². The van der Waals surface area contributed by atoms with Crippen LogP contribution in [0.1, 0.15) is 61.0 Å². The number of hydrogen-bond donors (Lipinski definition) is 1. The second-order valence-corrected chi connectivity index (χ2v) is 12.7. The van der Waals surface area contributed by atoms with Gasteiger partial charge in [-0.25, -0.2) is 8.42 Å².